The number of allylic oxidation sites excluding steroid dienone is 14. The smallest absolute Gasteiger partial charge is 0.306 e. The van der Waals surface area contributed by atoms with E-state index in [9.17, 15) is 14.4 Å². The van der Waals surface area contributed by atoms with Gasteiger partial charge in [0.15, 0.2) is 6.10 Å². The van der Waals surface area contributed by atoms with E-state index in [2.05, 4.69) is 106 Å². The van der Waals surface area contributed by atoms with Gasteiger partial charge in [-0.15, -0.1) is 0 Å². The lowest BCUT2D eigenvalue weighted by atomic mass is 10.0. The highest BCUT2D eigenvalue weighted by Crippen LogP contribution is 2.18. The molecule has 0 aliphatic carbocycles. The van der Waals surface area contributed by atoms with E-state index in [-0.39, 0.29) is 31.1 Å². The van der Waals surface area contributed by atoms with Crippen LogP contribution in [0.3, 0.4) is 0 Å². The molecule has 0 rings (SSSR count). The number of rotatable bonds is 64. The first-order chi connectivity index (χ1) is 40.0. The molecule has 1 atom stereocenters. The predicted octanol–water partition coefficient (Wildman–Crippen LogP) is 24.2. The van der Waals surface area contributed by atoms with Crippen molar-refractivity contribution in [2.75, 3.05) is 13.2 Å². The molecular weight excluding hydrogens is 997 g/mol. The minimum atomic E-state index is -0.785. The first kappa shape index (κ1) is 77.6. The monoisotopic (exact) mass is 1130 g/mol. The molecular formula is C75H132O6. The van der Waals surface area contributed by atoms with Gasteiger partial charge in [-0.3, -0.25) is 14.4 Å². The van der Waals surface area contributed by atoms with Crippen LogP contribution in [-0.2, 0) is 28.6 Å². The summed E-state index contributed by atoms with van der Waals surface area (Å²) in [7, 11) is 0. The Morgan fingerprint density at radius 1 is 0.259 bits per heavy atom. The van der Waals surface area contributed by atoms with Gasteiger partial charge >= 0.3 is 17.9 Å². The van der Waals surface area contributed by atoms with E-state index in [1.54, 1.807) is 0 Å². The maximum Gasteiger partial charge on any atom is 0.306 e. The summed E-state index contributed by atoms with van der Waals surface area (Å²) in [5.41, 5.74) is 0. The lowest BCUT2D eigenvalue weighted by Crippen LogP contribution is -2.30. The predicted molar refractivity (Wildman–Crippen MR) is 353 cm³/mol. The highest BCUT2D eigenvalue weighted by atomic mass is 16.6. The summed E-state index contributed by atoms with van der Waals surface area (Å²) in [5.74, 6) is -0.890. The molecule has 0 N–H and O–H groups in total. The average Bonchev–Trinajstić information content (AvgIpc) is 3.46. The summed E-state index contributed by atoms with van der Waals surface area (Å²) in [6, 6.07) is 0. The first-order valence-electron chi connectivity index (χ1n) is 35.1. The molecule has 0 saturated carbocycles. The largest absolute Gasteiger partial charge is 0.462 e. The first-order valence-corrected chi connectivity index (χ1v) is 35.1. The molecule has 0 fully saturated rings. The fraction of sp³-hybridized carbons (Fsp3) is 0.773. The molecule has 1 unspecified atom stereocenters. The summed E-state index contributed by atoms with van der Waals surface area (Å²) in [4.78, 5) is 38.3. The van der Waals surface area contributed by atoms with Crippen molar-refractivity contribution in [3.63, 3.8) is 0 Å². The van der Waals surface area contributed by atoms with Gasteiger partial charge in [0.2, 0.25) is 0 Å². The molecule has 0 aromatic carbocycles. The van der Waals surface area contributed by atoms with Crippen molar-refractivity contribution in [1.29, 1.82) is 0 Å². The van der Waals surface area contributed by atoms with Crippen LogP contribution in [0.4, 0.5) is 0 Å². The van der Waals surface area contributed by atoms with Gasteiger partial charge in [0.25, 0.3) is 0 Å². The fourth-order valence-electron chi connectivity index (χ4n) is 10.2. The molecule has 0 aliphatic rings. The topological polar surface area (TPSA) is 78.9 Å². The maximum atomic E-state index is 12.9. The Morgan fingerprint density at radius 3 is 0.765 bits per heavy atom. The second-order valence-electron chi connectivity index (χ2n) is 23.4. The van der Waals surface area contributed by atoms with E-state index in [0.717, 1.165) is 109 Å². The van der Waals surface area contributed by atoms with Crippen LogP contribution in [-0.4, -0.2) is 37.2 Å². The third kappa shape index (κ3) is 67.3. The van der Waals surface area contributed by atoms with Crippen molar-refractivity contribution in [3.8, 4) is 0 Å². The average molecular weight is 1130 g/mol. The summed E-state index contributed by atoms with van der Waals surface area (Å²) in [6.45, 7) is 6.43. The highest BCUT2D eigenvalue weighted by molar-refractivity contribution is 5.71. The Balaban J connectivity index is 4.08. The molecule has 0 aromatic rings. The van der Waals surface area contributed by atoms with E-state index < -0.39 is 6.10 Å². The van der Waals surface area contributed by atoms with Crippen LogP contribution in [0.1, 0.15) is 355 Å². The Kier molecular flexibility index (Phi) is 66.2. The van der Waals surface area contributed by atoms with Gasteiger partial charge in [-0.25, -0.2) is 0 Å². The van der Waals surface area contributed by atoms with E-state index in [4.69, 9.17) is 14.2 Å². The number of unbranched alkanes of at least 4 members (excludes halogenated alkanes) is 39. The second kappa shape index (κ2) is 69.1. The van der Waals surface area contributed by atoms with Crippen molar-refractivity contribution in [1.82, 2.24) is 0 Å². The highest BCUT2D eigenvalue weighted by Gasteiger charge is 2.19. The van der Waals surface area contributed by atoms with Crippen molar-refractivity contribution in [2.24, 2.45) is 0 Å². The van der Waals surface area contributed by atoms with Gasteiger partial charge < -0.3 is 14.2 Å². The third-order valence-corrected chi connectivity index (χ3v) is 15.4. The van der Waals surface area contributed by atoms with Gasteiger partial charge in [0.1, 0.15) is 13.2 Å². The summed E-state index contributed by atoms with van der Waals surface area (Å²) in [6.07, 6.45) is 92.1. The van der Waals surface area contributed by atoms with Crippen LogP contribution in [0, 0.1) is 0 Å². The summed E-state index contributed by atoms with van der Waals surface area (Å²) < 4.78 is 16.9. The van der Waals surface area contributed by atoms with E-state index >= 15 is 0 Å². The molecule has 0 spiro atoms. The number of ether oxygens (including phenoxy) is 3. The van der Waals surface area contributed by atoms with Crippen molar-refractivity contribution in [3.05, 3.63) is 85.1 Å². The quantitative estimate of drug-likeness (QED) is 0.0261. The van der Waals surface area contributed by atoms with Gasteiger partial charge in [0, 0.05) is 19.3 Å². The van der Waals surface area contributed by atoms with Crippen LogP contribution >= 0.6 is 0 Å². The zero-order valence-corrected chi connectivity index (χ0v) is 53.8. The number of hydrogen-bond donors (Lipinski definition) is 0. The van der Waals surface area contributed by atoms with Crippen LogP contribution < -0.4 is 0 Å². The number of esters is 3. The molecule has 0 heterocycles. The van der Waals surface area contributed by atoms with Gasteiger partial charge in [-0.1, -0.05) is 331 Å². The zero-order valence-electron chi connectivity index (χ0n) is 53.8. The Bertz CT molecular complexity index is 1530. The van der Waals surface area contributed by atoms with Crippen molar-refractivity contribution in [2.45, 2.75) is 361 Å². The van der Waals surface area contributed by atoms with Crippen LogP contribution in [0.2, 0.25) is 0 Å². The fourth-order valence-corrected chi connectivity index (χ4v) is 10.2. The Labute approximate surface area is 503 Å². The van der Waals surface area contributed by atoms with Gasteiger partial charge in [-0.2, -0.15) is 0 Å². The molecule has 6 heteroatoms. The lowest BCUT2D eigenvalue weighted by Gasteiger charge is -2.18. The number of hydrogen-bond acceptors (Lipinski definition) is 6. The third-order valence-electron chi connectivity index (χ3n) is 15.4. The Morgan fingerprint density at radius 2 is 0.481 bits per heavy atom. The summed E-state index contributed by atoms with van der Waals surface area (Å²) in [5, 5.41) is 0. The second-order valence-corrected chi connectivity index (χ2v) is 23.4. The molecule has 468 valence electrons. The van der Waals surface area contributed by atoms with Gasteiger partial charge in [-0.05, 0) is 89.9 Å². The lowest BCUT2D eigenvalue weighted by molar-refractivity contribution is -0.167. The summed E-state index contributed by atoms with van der Waals surface area (Å²) >= 11 is 0. The molecule has 81 heavy (non-hydrogen) atoms. The van der Waals surface area contributed by atoms with Crippen molar-refractivity contribution >= 4 is 17.9 Å². The molecule has 0 saturated heterocycles. The molecule has 0 bridgehead atoms. The molecule has 0 radical (unpaired) electrons. The van der Waals surface area contributed by atoms with Crippen LogP contribution in [0.15, 0.2) is 85.1 Å². The minimum Gasteiger partial charge on any atom is -0.462 e. The molecule has 0 aliphatic heterocycles. The van der Waals surface area contributed by atoms with E-state index in [1.807, 2.05) is 0 Å². The van der Waals surface area contributed by atoms with Crippen LogP contribution in [0.25, 0.3) is 0 Å². The normalized spacial score (nSPS) is 12.6. The SMILES string of the molecule is CC/C=C\C/C=C\C/C=C\C/C=C\CCCCCCCCCCCCCCCCCCCCCCCCC(=O)OCC(COC(=O)CCCCC/C=C\C/C=C\C/C=C\CC)OC(=O)CCCCCCCCCCCCCCCCC. The Hall–Kier alpha value is -3.41. The standard InChI is InChI=1S/C75H132O6/c1-4-7-10-13-16-19-22-25-27-28-29-30-31-32-33-34-35-36-37-38-39-40-41-42-43-44-45-46-48-50-53-56-59-62-65-68-74(77)80-71-72(70-79-73(76)67-64-61-58-55-52-49-24-21-18-15-12-9-6-3)81-75(78)69-66-63-60-57-54-51-47-26-23-20-17-14-11-8-5-2/h7,9-10,12,16,18-19,21,25,27,29-30,49,52,72H,4-6,8,11,13-15,17,20,22-24,26,28,31-48,50-51,53-71H2,1-3H3/b10-7-,12-9-,19-16-,21-18-,27-25-,30-29-,52-49-. The van der Waals surface area contributed by atoms with E-state index in [1.165, 1.54) is 205 Å². The van der Waals surface area contributed by atoms with E-state index in [0.29, 0.717) is 19.3 Å². The maximum absolute atomic E-state index is 12.9. The molecule has 0 amide bonds. The molecule has 6 nitrogen and oxygen atoms in total. The van der Waals surface area contributed by atoms with Crippen molar-refractivity contribution < 1.29 is 28.6 Å². The molecule has 0 aromatic heterocycles. The minimum absolute atomic E-state index is 0.0798. The number of carbonyl (C=O) groups is 3. The van der Waals surface area contributed by atoms with Gasteiger partial charge in [0.05, 0.1) is 0 Å². The van der Waals surface area contributed by atoms with Crippen LogP contribution in [0.5, 0.6) is 0 Å². The zero-order chi connectivity index (χ0) is 58.5. The number of carbonyl (C=O) groups excluding carboxylic acids is 3.